The van der Waals surface area contributed by atoms with Gasteiger partial charge in [-0.2, -0.15) is 13.2 Å². The van der Waals surface area contributed by atoms with Gasteiger partial charge in [0.1, 0.15) is 11.6 Å². The molecule has 0 aliphatic carbocycles. The Labute approximate surface area is 141 Å². The van der Waals surface area contributed by atoms with E-state index in [0.29, 0.717) is 6.42 Å². The molecule has 0 aromatic heterocycles. The number of carboxylic acid groups (broad SMARTS) is 1. The summed E-state index contributed by atoms with van der Waals surface area (Å²) in [6.07, 6.45) is -4.55. The van der Waals surface area contributed by atoms with Gasteiger partial charge in [-0.3, -0.25) is 9.59 Å². The Kier molecular flexibility index (Phi) is 5.05. The Bertz CT molecular complexity index is 678. The van der Waals surface area contributed by atoms with E-state index in [1.54, 1.807) is 11.4 Å². The highest BCUT2D eigenvalue weighted by Crippen LogP contribution is 2.29. The SMILES string of the molecule is CC(NC(=O)C(F)(F)F)(C(=O)N1CCC[C@H]1C(=O)O)c1ccccc1. The number of hydrogen-bond donors (Lipinski definition) is 2. The van der Waals surface area contributed by atoms with Crippen LogP contribution in [-0.2, 0) is 19.9 Å². The minimum absolute atomic E-state index is 0.0973. The summed E-state index contributed by atoms with van der Waals surface area (Å²) in [4.78, 5) is 36.7. The Morgan fingerprint density at radius 2 is 1.80 bits per heavy atom. The van der Waals surface area contributed by atoms with Crippen molar-refractivity contribution in [1.82, 2.24) is 10.2 Å². The molecular formula is C16H17F3N2O4. The monoisotopic (exact) mass is 358 g/mol. The Balaban J connectivity index is 2.43. The molecule has 1 aromatic rings. The molecule has 1 aliphatic heterocycles. The molecule has 25 heavy (non-hydrogen) atoms. The average molecular weight is 358 g/mol. The van der Waals surface area contributed by atoms with E-state index < -0.39 is 35.5 Å². The quantitative estimate of drug-likeness (QED) is 0.857. The second kappa shape index (κ2) is 6.73. The lowest BCUT2D eigenvalue weighted by Crippen LogP contribution is -2.59. The van der Waals surface area contributed by atoms with Crippen LogP contribution in [0.5, 0.6) is 0 Å². The van der Waals surface area contributed by atoms with Gasteiger partial charge in [-0.1, -0.05) is 30.3 Å². The number of carbonyl (C=O) groups excluding carboxylic acids is 2. The number of hydrogen-bond acceptors (Lipinski definition) is 3. The van der Waals surface area contributed by atoms with Crippen LogP contribution in [0.4, 0.5) is 13.2 Å². The standard InChI is InChI=1S/C16H17F3N2O4/c1-15(10-6-3-2-4-7-10,20-13(24)16(17,18)19)14(25)21-9-5-8-11(21)12(22)23/h2-4,6-7,11H,5,8-9H2,1H3,(H,20,24)(H,22,23)/t11-,15?/m0/s1. The molecule has 0 saturated carbocycles. The number of carboxylic acids is 1. The number of halogens is 3. The maximum Gasteiger partial charge on any atom is 0.471 e. The lowest BCUT2D eigenvalue weighted by molar-refractivity contribution is -0.177. The number of amides is 2. The molecule has 0 radical (unpaired) electrons. The van der Waals surface area contributed by atoms with Crippen molar-refractivity contribution in [2.45, 2.75) is 37.5 Å². The van der Waals surface area contributed by atoms with E-state index in [2.05, 4.69) is 0 Å². The number of nitrogens with zero attached hydrogens (tertiary/aromatic N) is 1. The molecule has 2 N–H and O–H groups in total. The lowest BCUT2D eigenvalue weighted by atomic mass is 9.89. The molecule has 0 bridgehead atoms. The first-order valence-corrected chi connectivity index (χ1v) is 7.56. The molecule has 1 fully saturated rings. The maximum absolute atomic E-state index is 12.9. The molecule has 1 aromatic carbocycles. The summed E-state index contributed by atoms with van der Waals surface area (Å²) in [6.45, 7) is 1.24. The van der Waals surface area contributed by atoms with Crippen molar-refractivity contribution in [2.75, 3.05) is 6.54 Å². The van der Waals surface area contributed by atoms with Crippen LogP contribution < -0.4 is 5.32 Å². The zero-order chi connectivity index (χ0) is 18.8. The van der Waals surface area contributed by atoms with Crippen molar-refractivity contribution in [3.05, 3.63) is 35.9 Å². The number of nitrogens with one attached hydrogen (secondary N) is 1. The number of likely N-dealkylation sites (tertiary alicyclic amines) is 1. The molecule has 136 valence electrons. The van der Waals surface area contributed by atoms with Crippen LogP contribution in [0.1, 0.15) is 25.3 Å². The number of aliphatic carboxylic acids is 1. The van der Waals surface area contributed by atoms with E-state index in [4.69, 9.17) is 0 Å². The van der Waals surface area contributed by atoms with Gasteiger partial charge >= 0.3 is 18.1 Å². The van der Waals surface area contributed by atoms with Gasteiger partial charge in [0.15, 0.2) is 0 Å². The van der Waals surface area contributed by atoms with Crippen molar-refractivity contribution >= 4 is 17.8 Å². The minimum atomic E-state index is -5.17. The van der Waals surface area contributed by atoms with Gasteiger partial charge in [0.25, 0.3) is 5.91 Å². The highest BCUT2D eigenvalue weighted by atomic mass is 19.4. The Hall–Kier alpha value is -2.58. The fraction of sp³-hybridized carbons (Fsp3) is 0.438. The van der Waals surface area contributed by atoms with Crippen molar-refractivity contribution in [3.63, 3.8) is 0 Å². The van der Waals surface area contributed by atoms with E-state index in [-0.39, 0.29) is 18.5 Å². The average Bonchev–Trinajstić information content (AvgIpc) is 3.03. The predicted octanol–water partition coefficient (Wildman–Crippen LogP) is 1.66. The third kappa shape index (κ3) is 3.75. The Morgan fingerprint density at radius 1 is 1.20 bits per heavy atom. The molecule has 2 amide bonds. The normalized spacial score (nSPS) is 20.0. The van der Waals surface area contributed by atoms with Gasteiger partial charge in [0.2, 0.25) is 0 Å². The zero-order valence-corrected chi connectivity index (χ0v) is 13.3. The molecule has 1 aliphatic rings. The molecular weight excluding hydrogens is 341 g/mol. The molecule has 1 unspecified atom stereocenters. The lowest BCUT2D eigenvalue weighted by Gasteiger charge is -2.35. The Morgan fingerprint density at radius 3 is 2.32 bits per heavy atom. The zero-order valence-electron chi connectivity index (χ0n) is 13.3. The van der Waals surface area contributed by atoms with E-state index in [1.165, 1.54) is 24.3 Å². The van der Waals surface area contributed by atoms with Crippen LogP contribution in [0.2, 0.25) is 0 Å². The summed E-state index contributed by atoms with van der Waals surface area (Å²) in [5.74, 6) is -4.39. The first-order valence-electron chi connectivity index (χ1n) is 7.56. The first-order chi connectivity index (χ1) is 11.6. The third-order valence-corrected chi connectivity index (χ3v) is 4.20. The molecule has 2 atom stereocenters. The highest BCUT2D eigenvalue weighted by molar-refractivity contribution is 5.95. The summed E-state index contributed by atoms with van der Waals surface area (Å²) in [5, 5.41) is 11.0. The third-order valence-electron chi connectivity index (χ3n) is 4.20. The van der Waals surface area contributed by atoms with E-state index in [0.717, 1.165) is 11.8 Å². The van der Waals surface area contributed by atoms with Gasteiger partial charge in [-0.25, -0.2) is 4.79 Å². The van der Waals surface area contributed by atoms with Crippen LogP contribution in [0.25, 0.3) is 0 Å². The number of benzene rings is 1. The van der Waals surface area contributed by atoms with Crippen molar-refractivity contribution in [2.24, 2.45) is 0 Å². The molecule has 9 heteroatoms. The molecule has 2 rings (SSSR count). The number of carbonyl (C=O) groups is 3. The fourth-order valence-electron chi connectivity index (χ4n) is 2.87. The van der Waals surface area contributed by atoms with Crippen LogP contribution in [0.15, 0.2) is 30.3 Å². The van der Waals surface area contributed by atoms with Gasteiger partial charge in [-0.15, -0.1) is 0 Å². The molecule has 1 heterocycles. The van der Waals surface area contributed by atoms with E-state index in [9.17, 15) is 32.7 Å². The highest BCUT2D eigenvalue weighted by Gasteiger charge is 2.49. The smallest absolute Gasteiger partial charge is 0.471 e. The van der Waals surface area contributed by atoms with Gasteiger partial charge in [0, 0.05) is 6.54 Å². The van der Waals surface area contributed by atoms with Crippen molar-refractivity contribution < 1.29 is 32.7 Å². The molecule has 6 nitrogen and oxygen atoms in total. The van der Waals surface area contributed by atoms with Gasteiger partial charge in [0.05, 0.1) is 0 Å². The molecule has 1 saturated heterocycles. The molecule has 0 spiro atoms. The summed E-state index contributed by atoms with van der Waals surface area (Å²) < 4.78 is 38.1. The summed E-state index contributed by atoms with van der Waals surface area (Å²) in [6, 6.07) is 6.31. The largest absolute Gasteiger partial charge is 0.480 e. The summed E-state index contributed by atoms with van der Waals surface area (Å²) in [5.41, 5.74) is -1.90. The summed E-state index contributed by atoms with van der Waals surface area (Å²) >= 11 is 0. The van der Waals surface area contributed by atoms with Crippen molar-refractivity contribution in [1.29, 1.82) is 0 Å². The first kappa shape index (κ1) is 18.8. The van der Waals surface area contributed by atoms with Gasteiger partial charge < -0.3 is 15.3 Å². The maximum atomic E-state index is 12.9. The fourth-order valence-corrected chi connectivity index (χ4v) is 2.87. The minimum Gasteiger partial charge on any atom is -0.480 e. The van der Waals surface area contributed by atoms with E-state index in [1.807, 2.05) is 0 Å². The summed E-state index contributed by atoms with van der Waals surface area (Å²) in [7, 11) is 0. The predicted molar refractivity (Wildman–Crippen MR) is 80.4 cm³/mol. The number of rotatable bonds is 4. The van der Waals surface area contributed by atoms with Gasteiger partial charge in [-0.05, 0) is 25.3 Å². The van der Waals surface area contributed by atoms with Crippen LogP contribution in [0.3, 0.4) is 0 Å². The second-order valence-corrected chi connectivity index (χ2v) is 5.94. The number of alkyl halides is 3. The van der Waals surface area contributed by atoms with Crippen LogP contribution in [-0.4, -0.2) is 46.6 Å². The van der Waals surface area contributed by atoms with Crippen molar-refractivity contribution in [3.8, 4) is 0 Å². The van der Waals surface area contributed by atoms with E-state index >= 15 is 0 Å². The topological polar surface area (TPSA) is 86.7 Å². The second-order valence-electron chi connectivity index (χ2n) is 5.94. The van der Waals surface area contributed by atoms with Crippen LogP contribution in [0, 0.1) is 0 Å². The van der Waals surface area contributed by atoms with Crippen LogP contribution >= 0.6 is 0 Å².